The van der Waals surface area contributed by atoms with Gasteiger partial charge in [0.1, 0.15) is 0 Å². The van der Waals surface area contributed by atoms with Crippen molar-refractivity contribution in [1.29, 1.82) is 0 Å². The van der Waals surface area contributed by atoms with Crippen LogP contribution in [0.5, 0.6) is 0 Å². The highest BCUT2D eigenvalue weighted by Crippen LogP contribution is 2.18. The summed E-state index contributed by atoms with van der Waals surface area (Å²) in [5, 5.41) is 0. The third kappa shape index (κ3) is 6.83. The van der Waals surface area contributed by atoms with Gasteiger partial charge in [0.15, 0.2) is 0 Å². The zero-order valence-corrected chi connectivity index (χ0v) is 17.2. The fourth-order valence-electron chi connectivity index (χ4n) is 2.69. The molecule has 1 aromatic rings. The molecule has 148 valence electrons. The summed E-state index contributed by atoms with van der Waals surface area (Å²) in [7, 11) is 3.58. The molecule has 0 saturated heterocycles. The summed E-state index contributed by atoms with van der Waals surface area (Å²) in [6.45, 7) is 9.92. The van der Waals surface area contributed by atoms with Crippen LogP contribution < -0.4 is 0 Å². The van der Waals surface area contributed by atoms with Crippen molar-refractivity contribution >= 4 is 11.8 Å². The van der Waals surface area contributed by atoms with E-state index in [2.05, 4.69) is 6.92 Å². The topological polar surface area (TPSA) is 54.8 Å². The predicted octanol–water partition coefficient (Wildman–Crippen LogP) is 2.67. The van der Waals surface area contributed by atoms with Crippen LogP contribution in [0.25, 0.3) is 0 Å². The lowest BCUT2D eigenvalue weighted by Crippen LogP contribution is -2.47. The molecule has 1 aromatic heterocycles. The van der Waals surface area contributed by atoms with Crippen molar-refractivity contribution < 1.29 is 14.3 Å². The van der Waals surface area contributed by atoms with Gasteiger partial charge < -0.3 is 19.1 Å². The van der Waals surface area contributed by atoms with Crippen LogP contribution in [0.2, 0.25) is 0 Å². The number of methoxy groups -OCH3 is 1. The van der Waals surface area contributed by atoms with Gasteiger partial charge in [0.25, 0.3) is 0 Å². The van der Waals surface area contributed by atoms with Crippen molar-refractivity contribution in [3.63, 3.8) is 0 Å². The van der Waals surface area contributed by atoms with Crippen LogP contribution in [0.3, 0.4) is 0 Å². The van der Waals surface area contributed by atoms with E-state index in [1.54, 1.807) is 12.0 Å². The first kappa shape index (κ1) is 22.2. The Hall–Kier alpha value is -1.82. The minimum atomic E-state index is -0.527. The number of nitrogens with zero attached hydrogens (tertiary/aromatic N) is 3. The second-order valence-corrected chi connectivity index (χ2v) is 7.75. The Balaban J connectivity index is 2.88. The molecule has 0 N–H and O–H groups in total. The predicted molar refractivity (Wildman–Crippen MR) is 104 cm³/mol. The molecule has 2 amide bonds. The summed E-state index contributed by atoms with van der Waals surface area (Å²) < 4.78 is 7.14. The SMILES string of the molecule is CCCCN(Cc1cccn1C)C(=O)CN(CCOC)C(=O)C(C)(C)C. The van der Waals surface area contributed by atoms with Crippen LogP contribution in [0.15, 0.2) is 18.3 Å². The van der Waals surface area contributed by atoms with Crippen LogP contribution >= 0.6 is 0 Å². The number of hydrogen-bond donors (Lipinski definition) is 0. The standard InChI is InChI=1S/C20H35N3O3/c1-7-8-12-22(15-17-10-9-11-21(17)5)18(24)16-23(13-14-26-6)19(25)20(2,3)4/h9-11H,7-8,12-16H2,1-6H3. The molecule has 0 aliphatic rings. The van der Waals surface area contributed by atoms with Crippen molar-refractivity contribution in [2.24, 2.45) is 12.5 Å². The fourth-order valence-corrected chi connectivity index (χ4v) is 2.69. The second kappa shape index (κ2) is 10.4. The van der Waals surface area contributed by atoms with E-state index in [0.29, 0.717) is 26.2 Å². The summed E-state index contributed by atoms with van der Waals surface area (Å²) in [4.78, 5) is 29.2. The molecule has 0 bridgehead atoms. The molecule has 26 heavy (non-hydrogen) atoms. The number of carbonyl (C=O) groups excluding carboxylic acids is 2. The maximum Gasteiger partial charge on any atom is 0.242 e. The molecule has 6 nitrogen and oxygen atoms in total. The van der Waals surface area contributed by atoms with Gasteiger partial charge in [0.2, 0.25) is 11.8 Å². The molecular weight excluding hydrogens is 330 g/mol. The molecule has 0 aliphatic carbocycles. The first-order chi connectivity index (χ1) is 12.2. The minimum Gasteiger partial charge on any atom is -0.383 e. The largest absolute Gasteiger partial charge is 0.383 e. The quantitative estimate of drug-likeness (QED) is 0.640. The summed E-state index contributed by atoms with van der Waals surface area (Å²) in [5.74, 6) is -0.0504. The van der Waals surface area contributed by atoms with Gasteiger partial charge in [-0.1, -0.05) is 34.1 Å². The molecule has 0 spiro atoms. The molecule has 1 rings (SSSR count). The lowest BCUT2D eigenvalue weighted by atomic mass is 9.94. The van der Waals surface area contributed by atoms with Gasteiger partial charge in [-0.05, 0) is 18.6 Å². The van der Waals surface area contributed by atoms with Crippen molar-refractivity contribution in [2.45, 2.75) is 47.1 Å². The highest BCUT2D eigenvalue weighted by Gasteiger charge is 2.29. The van der Waals surface area contributed by atoms with E-state index in [0.717, 1.165) is 18.5 Å². The molecule has 1 heterocycles. The number of aromatic nitrogens is 1. The van der Waals surface area contributed by atoms with E-state index in [1.165, 1.54) is 0 Å². The van der Waals surface area contributed by atoms with Gasteiger partial charge in [0.05, 0.1) is 19.7 Å². The minimum absolute atomic E-state index is 0.0200. The van der Waals surface area contributed by atoms with Gasteiger partial charge in [-0.3, -0.25) is 9.59 Å². The average molecular weight is 366 g/mol. The number of unbranched alkanes of at least 4 members (excludes halogenated alkanes) is 1. The summed E-state index contributed by atoms with van der Waals surface area (Å²) >= 11 is 0. The fraction of sp³-hybridized carbons (Fsp3) is 0.700. The lowest BCUT2D eigenvalue weighted by Gasteiger charge is -2.31. The maximum absolute atomic E-state index is 13.0. The van der Waals surface area contributed by atoms with Gasteiger partial charge >= 0.3 is 0 Å². The Kier molecular flexibility index (Phi) is 8.85. The number of carbonyl (C=O) groups is 2. The van der Waals surface area contributed by atoms with Gasteiger partial charge in [0, 0.05) is 44.6 Å². The van der Waals surface area contributed by atoms with E-state index in [-0.39, 0.29) is 18.4 Å². The van der Waals surface area contributed by atoms with E-state index in [4.69, 9.17) is 4.74 Å². The lowest BCUT2D eigenvalue weighted by molar-refractivity contribution is -0.146. The smallest absolute Gasteiger partial charge is 0.242 e. The summed E-state index contributed by atoms with van der Waals surface area (Å²) in [5.41, 5.74) is 0.556. The normalized spacial score (nSPS) is 11.5. The molecule has 0 saturated carbocycles. The van der Waals surface area contributed by atoms with Gasteiger partial charge in [-0.25, -0.2) is 0 Å². The number of rotatable bonds is 10. The Morgan fingerprint density at radius 3 is 2.38 bits per heavy atom. The Labute approximate surface area is 158 Å². The maximum atomic E-state index is 13.0. The molecule has 0 atom stereocenters. The average Bonchev–Trinajstić information content (AvgIpc) is 2.98. The summed E-state index contributed by atoms with van der Waals surface area (Å²) in [6, 6.07) is 4.00. The van der Waals surface area contributed by atoms with E-state index in [1.807, 2.05) is 55.6 Å². The van der Waals surface area contributed by atoms with Gasteiger partial charge in [-0.15, -0.1) is 0 Å². The monoisotopic (exact) mass is 365 g/mol. The van der Waals surface area contributed by atoms with Crippen LogP contribution in [-0.4, -0.2) is 59.5 Å². The van der Waals surface area contributed by atoms with Crippen LogP contribution in [0.1, 0.15) is 46.2 Å². The van der Waals surface area contributed by atoms with Crippen LogP contribution in [0.4, 0.5) is 0 Å². The Morgan fingerprint density at radius 2 is 1.88 bits per heavy atom. The van der Waals surface area contributed by atoms with Crippen LogP contribution in [-0.2, 0) is 27.9 Å². The highest BCUT2D eigenvalue weighted by atomic mass is 16.5. The number of hydrogen-bond acceptors (Lipinski definition) is 3. The number of amides is 2. The summed E-state index contributed by atoms with van der Waals surface area (Å²) in [6.07, 6.45) is 3.94. The number of aryl methyl sites for hydroxylation is 1. The van der Waals surface area contributed by atoms with E-state index in [9.17, 15) is 9.59 Å². The third-order valence-electron chi connectivity index (χ3n) is 4.36. The van der Waals surface area contributed by atoms with Gasteiger partial charge in [-0.2, -0.15) is 0 Å². The first-order valence-electron chi connectivity index (χ1n) is 9.37. The van der Waals surface area contributed by atoms with Crippen molar-refractivity contribution in [3.8, 4) is 0 Å². The Bertz CT molecular complexity index is 575. The zero-order chi connectivity index (χ0) is 19.7. The highest BCUT2D eigenvalue weighted by molar-refractivity contribution is 5.87. The second-order valence-electron chi connectivity index (χ2n) is 7.75. The molecule has 0 aliphatic heterocycles. The molecule has 0 aromatic carbocycles. The van der Waals surface area contributed by atoms with Crippen molar-refractivity contribution in [2.75, 3.05) is 33.4 Å². The van der Waals surface area contributed by atoms with E-state index < -0.39 is 5.41 Å². The Morgan fingerprint density at radius 1 is 1.19 bits per heavy atom. The molecular formula is C20H35N3O3. The third-order valence-corrected chi connectivity index (χ3v) is 4.36. The molecule has 0 unspecified atom stereocenters. The van der Waals surface area contributed by atoms with Crippen molar-refractivity contribution in [1.82, 2.24) is 14.4 Å². The zero-order valence-electron chi connectivity index (χ0n) is 17.2. The number of ether oxygens (including phenoxy) is 1. The first-order valence-corrected chi connectivity index (χ1v) is 9.37. The molecule has 0 fully saturated rings. The van der Waals surface area contributed by atoms with Crippen molar-refractivity contribution in [3.05, 3.63) is 24.0 Å². The van der Waals surface area contributed by atoms with E-state index >= 15 is 0 Å². The molecule has 6 heteroatoms. The van der Waals surface area contributed by atoms with Crippen LogP contribution in [0, 0.1) is 5.41 Å². The molecule has 0 radical (unpaired) electrons.